The van der Waals surface area contributed by atoms with Crippen molar-refractivity contribution in [3.05, 3.63) is 48.3 Å². The molecule has 14 heteroatoms. The van der Waals surface area contributed by atoms with E-state index in [0.29, 0.717) is 40.9 Å². The van der Waals surface area contributed by atoms with Gasteiger partial charge in [-0.15, -0.1) is 0 Å². The minimum absolute atomic E-state index is 0.0680. The lowest BCUT2D eigenvalue weighted by molar-refractivity contribution is -0.170. The number of ether oxygens (including phenoxy) is 1. The summed E-state index contributed by atoms with van der Waals surface area (Å²) in [4.78, 5) is 50.0. The van der Waals surface area contributed by atoms with Crippen molar-refractivity contribution < 1.29 is 32.3 Å². The molecule has 0 unspecified atom stereocenters. The van der Waals surface area contributed by atoms with E-state index in [1.54, 1.807) is 23.1 Å². The number of Topliss-reactive ketones (excluding diaryl/α,β-unsaturated/α-hetero) is 1. The predicted molar refractivity (Wildman–Crippen MR) is 132 cm³/mol. The summed E-state index contributed by atoms with van der Waals surface area (Å²) >= 11 is 0. The van der Waals surface area contributed by atoms with Crippen LogP contribution in [0.25, 0.3) is 0 Å². The third-order valence-electron chi connectivity index (χ3n) is 5.53. The van der Waals surface area contributed by atoms with Crippen molar-refractivity contribution in [2.24, 2.45) is 0 Å². The molecule has 0 bridgehead atoms. The fourth-order valence-electron chi connectivity index (χ4n) is 3.64. The van der Waals surface area contributed by atoms with Crippen molar-refractivity contribution in [3.63, 3.8) is 0 Å². The summed E-state index contributed by atoms with van der Waals surface area (Å²) in [6.07, 6.45) is -2.50. The van der Waals surface area contributed by atoms with Gasteiger partial charge >= 0.3 is 12.1 Å². The number of rotatable bonds is 6. The first kappa shape index (κ1) is 26.3. The van der Waals surface area contributed by atoms with E-state index in [4.69, 9.17) is 4.74 Å². The summed E-state index contributed by atoms with van der Waals surface area (Å²) in [7, 11) is 0.968. The summed E-state index contributed by atoms with van der Waals surface area (Å²) in [6.45, 7) is 3.59. The summed E-state index contributed by atoms with van der Waals surface area (Å²) in [5.74, 6) is -1.90. The van der Waals surface area contributed by atoms with E-state index in [1.165, 1.54) is 38.4 Å². The molecule has 0 aliphatic carbocycles. The quantitative estimate of drug-likeness (QED) is 0.458. The summed E-state index contributed by atoms with van der Waals surface area (Å²) in [6, 6.07) is 7.75. The maximum Gasteiger partial charge on any atom is 0.471 e. The standard InChI is InChI=1S/C24H22F3N7O4/c1-13(35)17-12-29-23(31-16-5-7-20(28-11-16)33(3)22(37)24(25,26)27)32-21(17)30-15-4-6-19-18(10-15)34(14(2)36)8-9-38-19/h4-7,10-12H,8-9H2,1-3H3,(H2,29,30,31,32). The van der Waals surface area contributed by atoms with E-state index < -0.39 is 12.1 Å². The van der Waals surface area contributed by atoms with Crippen LogP contribution in [0.5, 0.6) is 5.75 Å². The van der Waals surface area contributed by atoms with Gasteiger partial charge in [0.05, 0.1) is 29.7 Å². The minimum Gasteiger partial charge on any atom is -0.490 e. The van der Waals surface area contributed by atoms with Gasteiger partial charge in [-0.1, -0.05) is 0 Å². The van der Waals surface area contributed by atoms with Gasteiger partial charge in [-0.3, -0.25) is 19.3 Å². The molecule has 2 aromatic heterocycles. The van der Waals surface area contributed by atoms with Gasteiger partial charge < -0.3 is 20.3 Å². The summed E-state index contributed by atoms with van der Waals surface area (Å²) in [5.41, 5.74) is 1.64. The number of anilines is 6. The number of carbonyl (C=O) groups is 3. The van der Waals surface area contributed by atoms with Gasteiger partial charge in [-0.25, -0.2) is 9.97 Å². The fraction of sp³-hybridized carbons (Fsp3) is 0.250. The predicted octanol–water partition coefficient (Wildman–Crippen LogP) is 3.83. The van der Waals surface area contributed by atoms with Crippen LogP contribution in [0.4, 0.5) is 47.8 Å². The van der Waals surface area contributed by atoms with Crippen molar-refractivity contribution in [2.75, 3.05) is 40.6 Å². The van der Waals surface area contributed by atoms with E-state index >= 15 is 0 Å². The van der Waals surface area contributed by atoms with Gasteiger partial charge in [0.25, 0.3) is 0 Å². The summed E-state index contributed by atoms with van der Waals surface area (Å²) in [5, 5.41) is 5.93. The lowest BCUT2D eigenvalue weighted by Gasteiger charge is -2.29. The van der Waals surface area contributed by atoms with Crippen LogP contribution in [-0.4, -0.2) is 58.9 Å². The normalized spacial score (nSPS) is 12.7. The van der Waals surface area contributed by atoms with Crippen molar-refractivity contribution in [3.8, 4) is 5.75 Å². The highest BCUT2D eigenvalue weighted by atomic mass is 19.4. The molecular formula is C24H22F3N7O4. The summed E-state index contributed by atoms with van der Waals surface area (Å²) < 4.78 is 43.6. The van der Waals surface area contributed by atoms with Crippen LogP contribution < -0.4 is 25.2 Å². The number of pyridine rings is 1. The van der Waals surface area contributed by atoms with Gasteiger partial charge in [-0.2, -0.15) is 18.2 Å². The topological polar surface area (TPSA) is 130 Å². The highest BCUT2D eigenvalue weighted by molar-refractivity contribution is 6.00. The Labute approximate surface area is 214 Å². The average Bonchev–Trinajstić information content (AvgIpc) is 2.87. The number of nitrogens with one attached hydrogen (secondary N) is 2. The monoisotopic (exact) mass is 529 g/mol. The molecule has 1 aliphatic heterocycles. The zero-order valence-corrected chi connectivity index (χ0v) is 20.5. The van der Waals surface area contributed by atoms with Crippen molar-refractivity contribution >= 4 is 52.2 Å². The molecule has 1 aliphatic rings. The number of hydrogen-bond acceptors (Lipinski definition) is 9. The van der Waals surface area contributed by atoms with Crippen molar-refractivity contribution in [1.82, 2.24) is 15.0 Å². The Balaban J connectivity index is 1.57. The van der Waals surface area contributed by atoms with Crippen LogP contribution in [0.3, 0.4) is 0 Å². The van der Waals surface area contributed by atoms with E-state index in [9.17, 15) is 27.6 Å². The number of halogens is 3. The van der Waals surface area contributed by atoms with Crippen LogP contribution in [0.15, 0.2) is 42.7 Å². The van der Waals surface area contributed by atoms with E-state index in [0.717, 1.165) is 7.05 Å². The van der Waals surface area contributed by atoms with Gasteiger partial charge in [-0.05, 0) is 37.3 Å². The third kappa shape index (κ3) is 5.63. The second-order valence-corrected chi connectivity index (χ2v) is 8.23. The molecule has 2 N–H and O–H groups in total. The van der Waals surface area contributed by atoms with Crippen molar-refractivity contribution in [1.29, 1.82) is 0 Å². The number of amides is 2. The molecule has 38 heavy (non-hydrogen) atoms. The first-order valence-corrected chi connectivity index (χ1v) is 11.2. The maximum absolute atomic E-state index is 12.7. The highest BCUT2D eigenvalue weighted by Crippen LogP contribution is 2.35. The number of hydrogen-bond donors (Lipinski definition) is 2. The van der Waals surface area contributed by atoms with E-state index in [1.807, 2.05) is 0 Å². The molecule has 0 saturated carbocycles. The third-order valence-corrected chi connectivity index (χ3v) is 5.53. The fourth-order valence-corrected chi connectivity index (χ4v) is 3.64. The number of alkyl halides is 3. The molecule has 0 atom stereocenters. The lowest BCUT2D eigenvalue weighted by Crippen LogP contribution is -2.38. The Morgan fingerprint density at radius 1 is 1.03 bits per heavy atom. The molecular weight excluding hydrogens is 507 g/mol. The van der Waals surface area contributed by atoms with Gasteiger partial charge in [0.2, 0.25) is 11.9 Å². The van der Waals surface area contributed by atoms with Gasteiger partial charge in [0, 0.05) is 25.9 Å². The molecule has 0 fully saturated rings. The molecule has 11 nitrogen and oxygen atoms in total. The van der Waals surface area contributed by atoms with Crippen molar-refractivity contribution in [2.45, 2.75) is 20.0 Å². The number of benzene rings is 1. The maximum atomic E-state index is 12.7. The zero-order chi connectivity index (χ0) is 27.6. The van der Waals surface area contributed by atoms with Crippen LogP contribution in [0, 0.1) is 0 Å². The van der Waals surface area contributed by atoms with Gasteiger partial charge in [0.15, 0.2) is 5.78 Å². The Morgan fingerprint density at radius 2 is 1.76 bits per heavy atom. The first-order valence-electron chi connectivity index (χ1n) is 11.2. The average molecular weight is 529 g/mol. The minimum atomic E-state index is -5.03. The molecule has 1 aromatic carbocycles. The van der Waals surface area contributed by atoms with Crippen LogP contribution in [-0.2, 0) is 9.59 Å². The Kier molecular flexibility index (Phi) is 7.15. The van der Waals surface area contributed by atoms with Crippen LogP contribution in [0.1, 0.15) is 24.2 Å². The number of nitrogens with zero attached hydrogens (tertiary/aromatic N) is 5. The largest absolute Gasteiger partial charge is 0.490 e. The number of aromatic nitrogens is 3. The molecule has 3 heterocycles. The molecule has 4 rings (SSSR count). The number of carbonyl (C=O) groups excluding carboxylic acids is 3. The van der Waals surface area contributed by atoms with E-state index in [-0.39, 0.29) is 34.8 Å². The Bertz CT molecular complexity index is 1400. The molecule has 198 valence electrons. The van der Waals surface area contributed by atoms with Crippen LogP contribution in [0.2, 0.25) is 0 Å². The molecule has 0 radical (unpaired) electrons. The lowest BCUT2D eigenvalue weighted by atomic mass is 10.2. The second-order valence-electron chi connectivity index (χ2n) is 8.23. The highest BCUT2D eigenvalue weighted by Gasteiger charge is 2.42. The zero-order valence-electron chi connectivity index (χ0n) is 20.5. The molecule has 0 spiro atoms. The smallest absolute Gasteiger partial charge is 0.471 e. The van der Waals surface area contributed by atoms with Gasteiger partial charge in [0.1, 0.15) is 24.0 Å². The van der Waals surface area contributed by atoms with E-state index in [2.05, 4.69) is 25.6 Å². The SMILES string of the molecule is CC(=O)c1cnc(Nc2ccc(N(C)C(=O)C(F)(F)F)nc2)nc1Nc1ccc2c(c1)N(C(C)=O)CCO2. The second kappa shape index (κ2) is 10.3. The van der Waals surface area contributed by atoms with Crippen LogP contribution >= 0.6 is 0 Å². The Hall–Kier alpha value is -4.75. The molecule has 2 amide bonds. The molecule has 3 aromatic rings. The molecule has 0 saturated heterocycles. The number of fused-ring (bicyclic) bond motifs is 1. The Morgan fingerprint density at radius 3 is 2.39 bits per heavy atom. The number of ketones is 1. The first-order chi connectivity index (χ1) is 17.9.